The zero-order chi connectivity index (χ0) is 14.7. The molecular formula is C15H19BrN2O2. The van der Waals surface area contributed by atoms with Gasteiger partial charge in [-0.1, -0.05) is 29.8 Å². The lowest BCUT2D eigenvalue weighted by Crippen LogP contribution is -2.37. The van der Waals surface area contributed by atoms with Crippen LogP contribution in [0.2, 0.25) is 0 Å². The Balaban J connectivity index is 2.11. The van der Waals surface area contributed by atoms with Crippen LogP contribution in [0.1, 0.15) is 30.6 Å². The topological polar surface area (TPSA) is 49.4 Å². The minimum Gasteiger partial charge on any atom is -0.316 e. The Morgan fingerprint density at radius 2 is 2.10 bits per heavy atom. The monoisotopic (exact) mass is 338 g/mol. The number of halogens is 1. The van der Waals surface area contributed by atoms with Crippen molar-refractivity contribution in [3.05, 3.63) is 28.2 Å². The number of Topliss-reactive ketones (excluding diaryl/α,β-unsaturated/α-hetero) is 1. The Bertz CT molecular complexity index is 531. The number of nitrogens with one attached hydrogen (secondary N) is 1. The van der Waals surface area contributed by atoms with E-state index in [0.717, 1.165) is 29.7 Å². The molecule has 2 rings (SSSR count). The normalized spacial score (nSPS) is 15.7. The number of hydrogen-bond donors (Lipinski definition) is 1. The number of carbonyl (C=O) groups is 2. The van der Waals surface area contributed by atoms with Crippen LogP contribution in [0.15, 0.2) is 22.7 Å². The van der Waals surface area contributed by atoms with Crippen molar-refractivity contribution in [3.63, 3.8) is 0 Å². The van der Waals surface area contributed by atoms with Crippen molar-refractivity contribution in [2.45, 2.75) is 20.3 Å². The van der Waals surface area contributed by atoms with Gasteiger partial charge in [0.1, 0.15) is 0 Å². The van der Waals surface area contributed by atoms with Crippen molar-refractivity contribution in [3.8, 4) is 0 Å². The van der Waals surface area contributed by atoms with Crippen molar-refractivity contribution in [2.75, 3.05) is 24.5 Å². The fraction of sp³-hybridized carbons (Fsp3) is 0.467. The molecule has 1 heterocycles. The zero-order valence-corrected chi connectivity index (χ0v) is 13.4. The number of hydrogen-bond acceptors (Lipinski definition) is 3. The van der Waals surface area contributed by atoms with Crippen molar-refractivity contribution >= 4 is 33.3 Å². The molecule has 1 N–H and O–H groups in total. The first-order valence-electron chi connectivity index (χ1n) is 6.91. The highest BCUT2D eigenvalue weighted by molar-refractivity contribution is 9.10. The van der Waals surface area contributed by atoms with Gasteiger partial charge in [0.25, 0.3) is 11.7 Å². The Kier molecular flexibility index (Phi) is 4.94. The summed E-state index contributed by atoms with van der Waals surface area (Å²) in [5.74, 6) is -0.523. The van der Waals surface area contributed by atoms with Gasteiger partial charge in [-0.05, 0) is 43.6 Å². The van der Waals surface area contributed by atoms with Gasteiger partial charge in [-0.3, -0.25) is 9.59 Å². The second-order valence-electron chi connectivity index (χ2n) is 5.22. The molecule has 108 valence electrons. The lowest BCUT2D eigenvalue weighted by Gasteiger charge is -2.21. The predicted molar refractivity (Wildman–Crippen MR) is 83.2 cm³/mol. The van der Waals surface area contributed by atoms with Crippen molar-refractivity contribution in [1.29, 1.82) is 0 Å². The molecule has 0 saturated heterocycles. The molecule has 0 bridgehead atoms. The van der Waals surface area contributed by atoms with Crippen LogP contribution in [0, 0.1) is 5.92 Å². The summed E-state index contributed by atoms with van der Waals surface area (Å²) < 4.78 is 0.875. The van der Waals surface area contributed by atoms with E-state index in [4.69, 9.17) is 0 Å². The molecule has 0 radical (unpaired) electrons. The molecule has 0 fully saturated rings. The van der Waals surface area contributed by atoms with E-state index in [0.29, 0.717) is 18.0 Å². The quantitative estimate of drug-likeness (QED) is 0.640. The lowest BCUT2D eigenvalue weighted by atomic mass is 10.1. The highest BCUT2D eigenvalue weighted by Gasteiger charge is 2.36. The molecule has 1 unspecified atom stereocenters. The number of amides is 1. The highest BCUT2D eigenvalue weighted by atomic mass is 79.9. The van der Waals surface area contributed by atoms with Crippen LogP contribution >= 0.6 is 15.9 Å². The average Bonchev–Trinajstić information content (AvgIpc) is 2.64. The van der Waals surface area contributed by atoms with Crippen molar-refractivity contribution < 1.29 is 9.59 Å². The number of nitrogens with zero attached hydrogens (tertiary/aromatic N) is 1. The molecular weight excluding hydrogens is 320 g/mol. The van der Waals surface area contributed by atoms with E-state index in [9.17, 15) is 9.59 Å². The third kappa shape index (κ3) is 3.10. The van der Waals surface area contributed by atoms with Gasteiger partial charge < -0.3 is 10.2 Å². The maximum Gasteiger partial charge on any atom is 0.299 e. The summed E-state index contributed by atoms with van der Waals surface area (Å²) in [5, 5.41) is 3.34. The maximum absolute atomic E-state index is 12.1. The van der Waals surface area contributed by atoms with Crippen molar-refractivity contribution in [2.24, 2.45) is 5.92 Å². The van der Waals surface area contributed by atoms with Gasteiger partial charge in [-0.25, -0.2) is 0 Å². The van der Waals surface area contributed by atoms with Crippen LogP contribution in [0.5, 0.6) is 0 Å². The Morgan fingerprint density at radius 3 is 2.80 bits per heavy atom. The molecule has 0 saturated carbocycles. The van der Waals surface area contributed by atoms with Crippen LogP contribution in [-0.4, -0.2) is 31.3 Å². The number of rotatable bonds is 6. The summed E-state index contributed by atoms with van der Waals surface area (Å²) in [7, 11) is 0. The van der Waals surface area contributed by atoms with E-state index in [-0.39, 0.29) is 0 Å². The fourth-order valence-corrected chi connectivity index (χ4v) is 2.70. The van der Waals surface area contributed by atoms with Gasteiger partial charge >= 0.3 is 0 Å². The molecule has 4 nitrogen and oxygen atoms in total. The fourth-order valence-electron chi connectivity index (χ4n) is 2.35. The molecule has 1 atom stereocenters. The van der Waals surface area contributed by atoms with E-state index in [2.05, 4.69) is 35.1 Å². The lowest BCUT2D eigenvalue weighted by molar-refractivity contribution is -0.114. The Hall–Kier alpha value is -1.20. The van der Waals surface area contributed by atoms with E-state index < -0.39 is 11.7 Å². The van der Waals surface area contributed by atoms with Crippen LogP contribution in [0.4, 0.5) is 5.69 Å². The number of carbonyl (C=O) groups excluding carboxylic acids is 2. The summed E-state index contributed by atoms with van der Waals surface area (Å²) in [6.07, 6.45) is 1.09. The molecule has 1 aliphatic heterocycles. The van der Waals surface area contributed by atoms with Gasteiger partial charge in [-0.15, -0.1) is 0 Å². The Morgan fingerprint density at radius 1 is 1.35 bits per heavy atom. The second-order valence-corrected chi connectivity index (χ2v) is 6.13. The summed E-state index contributed by atoms with van der Waals surface area (Å²) in [6.45, 7) is 6.57. The summed E-state index contributed by atoms with van der Waals surface area (Å²) >= 11 is 3.39. The first-order chi connectivity index (χ1) is 9.54. The van der Waals surface area contributed by atoms with Crippen LogP contribution in [0.25, 0.3) is 0 Å². The summed E-state index contributed by atoms with van der Waals surface area (Å²) in [4.78, 5) is 25.6. The number of benzene rings is 1. The first kappa shape index (κ1) is 15.2. The number of anilines is 1. The van der Waals surface area contributed by atoms with Gasteiger partial charge in [0.15, 0.2) is 0 Å². The third-order valence-electron chi connectivity index (χ3n) is 3.35. The minimum atomic E-state index is -0.416. The van der Waals surface area contributed by atoms with Gasteiger partial charge in [0.2, 0.25) is 0 Å². The highest BCUT2D eigenvalue weighted by Crippen LogP contribution is 2.32. The summed E-state index contributed by atoms with van der Waals surface area (Å²) in [6, 6.07) is 5.34. The Labute approximate surface area is 127 Å². The first-order valence-corrected chi connectivity index (χ1v) is 7.70. The van der Waals surface area contributed by atoms with Crippen LogP contribution < -0.4 is 10.2 Å². The van der Waals surface area contributed by atoms with E-state index in [1.54, 1.807) is 17.0 Å². The maximum atomic E-state index is 12.1. The molecule has 1 amide bonds. The van der Waals surface area contributed by atoms with Gasteiger partial charge in [0, 0.05) is 11.0 Å². The van der Waals surface area contributed by atoms with E-state index >= 15 is 0 Å². The molecule has 0 spiro atoms. The molecule has 1 aromatic carbocycles. The zero-order valence-electron chi connectivity index (χ0n) is 11.8. The van der Waals surface area contributed by atoms with E-state index in [1.807, 2.05) is 6.07 Å². The molecule has 1 aromatic rings. The SMILES string of the molecule is CCCNCC(C)CN1C(=O)C(=O)c2ccc(Br)cc21. The second kappa shape index (κ2) is 6.50. The third-order valence-corrected chi connectivity index (χ3v) is 3.84. The van der Waals surface area contributed by atoms with Gasteiger partial charge in [-0.2, -0.15) is 0 Å². The van der Waals surface area contributed by atoms with Crippen LogP contribution in [-0.2, 0) is 4.79 Å². The van der Waals surface area contributed by atoms with E-state index in [1.165, 1.54) is 0 Å². The molecule has 20 heavy (non-hydrogen) atoms. The smallest absolute Gasteiger partial charge is 0.299 e. The van der Waals surface area contributed by atoms with Gasteiger partial charge in [0.05, 0.1) is 11.3 Å². The number of ketones is 1. The standard InChI is InChI=1S/C15H19BrN2O2/c1-3-6-17-8-10(2)9-18-13-7-11(16)4-5-12(13)14(19)15(18)20/h4-5,7,10,17H,3,6,8-9H2,1-2H3. The molecule has 1 aliphatic rings. The largest absolute Gasteiger partial charge is 0.316 e. The number of fused-ring (bicyclic) bond motifs is 1. The van der Waals surface area contributed by atoms with Crippen LogP contribution in [0.3, 0.4) is 0 Å². The predicted octanol–water partition coefficient (Wildman–Crippen LogP) is 2.61. The van der Waals surface area contributed by atoms with Crippen molar-refractivity contribution in [1.82, 2.24) is 5.32 Å². The molecule has 0 aliphatic carbocycles. The minimum absolute atomic E-state index is 0.295. The molecule has 0 aromatic heterocycles. The molecule has 5 heteroatoms. The average molecular weight is 339 g/mol. The summed E-state index contributed by atoms with van der Waals surface area (Å²) in [5.41, 5.74) is 1.23.